The number of benzene rings is 1. The van der Waals surface area contributed by atoms with Crippen LogP contribution in [0, 0.1) is 0 Å². The van der Waals surface area contributed by atoms with Gasteiger partial charge in [-0.2, -0.15) is 0 Å². The molecule has 6 heteroatoms. The van der Waals surface area contributed by atoms with Gasteiger partial charge in [0.1, 0.15) is 5.75 Å². The maximum absolute atomic E-state index is 11.8. The van der Waals surface area contributed by atoms with Crippen LogP contribution < -0.4 is 10.1 Å². The quantitative estimate of drug-likeness (QED) is 0.696. The fraction of sp³-hybridized carbons (Fsp3) is 0.467. The standard InChI is InChI=1S/C15H21NO5/c1-10(2)21-12-7-5-4-6-11(12)8-13(17)16-9-15(3,20)14(18)19/h4-7,10,20H,8-9H2,1-3H3,(H,16,17)(H,18,19). The number of rotatable bonds is 7. The van der Waals surface area contributed by atoms with Crippen LogP contribution in [0.3, 0.4) is 0 Å². The van der Waals surface area contributed by atoms with Crippen LogP contribution in [0.15, 0.2) is 24.3 Å². The van der Waals surface area contributed by atoms with E-state index in [1.165, 1.54) is 0 Å². The molecule has 0 radical (unpaired) electrons. The highest BCUT2D eigenvalue weighted by Crippen LogP contribution is 2.19. The second-order valence-electron chi connectivity index (χ2n) is 5.31. The van der Waals surface area contributed by atoms with E-state index in [0.717, 1.165) is 6.92 Å². The van der Waals surface area contributed by atoms with Crippen molar-refractivity contribution in [2.75, 3.05) is 6.54 Å². The van der Waals surface area contributed by atoms with E-state index in [4.69, 9.17) is 9.84 Å². The fourth-order valence-corrected chi connectivity index (χ4v) is 1.60. The molecule has 0 saturated carbocycles. The highest BCUT2D eigenvalue weighted by atomic mass is 16.5. The predicted molar refractivity (Wildman–Crippen MR) is 77.2 cm³/mol. The first-order valence-corrected chi connectivity index (χ1v) is 6.69. The van der Waals surface area contributed by atoms with E-state index in [-0.39, 0.29) is 25.0 Å². The maximum Gasteiger partial charge on any atom is 0.337 e. The molecule has 1 rings (SSSR count). The van der Waals surface area contributed by atoms with Crippen molar-refractivity contribution in [1.82, 2.24) is 5.32 Å². The van der Waals surface area contributed by atoms with Crippen LogP contribution in [0.25, 0.3) is 0 Å². The Morgan fingerprint density at radius 2 is 1.95 bits per heavy atom. The summed E-state index contributed by atoms with van der Waals surface area (Å²) >= 11 is 0. The molecular formula is C15H21NO5. The zero-order valence-electron chi connectivity index (χ0n) is 12.4. The molecule has 0 spiro atoms. The van der Waals surface area contributed by atoms with Gasteiger partial charge < -0.3 is 20.3 Å². The van der Waals surface area contributed by atoms with Gasteiger partial charge in [-0.1, -0.05) is 18.2 Å². The number of carbonyl (C=O) groups excluding carboxylic acids is 1. The van der Waals surface area contributed by atoms with Crippen molar-refractivity contribution >= 4 is 11.9 Å². The Morgan fingerprint density at radius 3 is 2.52 bits per heavy atom. The van der Waals surface area contributed by atoms with Crippen molar-refractivity contribution < 1.29 is 24.5 Å². The number of ether oxygens (including phenoxy) is 1. The van der Waals surface area contributed by atoms with E-state index in [9.17, 15) is 14.7 Å². The SMILES string of the molecule is CC(C)Oc1ccccc1CC(=O)NCC(C)(O)C(=O)O. The third kappa shape index (κ3) is 5.43. The summed E-state index contributed by atoms with van der Waals surface area (Å²) in [6, 6.07) is 7.15. The number of para-hydroxylation sites is 1. The molecule has 0 aliphatic carbocycles. The smallest absolute Gasteiger partial charge is 0.337 e. The van der Waals surface area contributed by atoms with Gasteiger partial charge in [-0.05, 0) is 26.8 Å². The molecule has 3 N–H and O–H groups in total. The van der Waals surface area contributed by atoms with E-state index in [1.807, 2.05) is 19.9 Å². The number of nitrogens with one attached hydrogen (secondary N) is 1. The van der Waals surface area contributed by atoms with Gasteiger partial charge in [0.05, 0.1) is 19.1 Å². The highest BCUT2D eigenvalue weighted by molar-refractivity contribution is 5.81. The average Bonchev–Trinajstić information content (AvgIpc) is 2.38. The van der Waals surface area contributed by atoms with Crippen molar-refractivity contribution in [2.45, 2.75) is 38.9 Å². The minimum absolute atomic E-state index is 0.0121. The lowest BCUT2D eigenvalue weighted by Gasteiger charge is -2.19. The number of hydrogen-bond donors (Lipinski definition) is 3. The third-order valence-corrected chi connectivity index (χ3v) is 2.78. The molecule has 1 atom stereocenters. The van der Waals surface area contributed by atoms with E-state index in [0.29, 0.717) is 11.3 Å². The molecule has 1 unspecified atom stereocenters. The zero-order valence-corrected chi connectivity index (χ0v) is 12.4. The molecule has 116 valence electrons. The Balaban J connectivity index is 2.65. The second kappa shape index (κ2) is 7.08. The van der Waals surface area contributed by atoms with E-state index >= 15 is 0 Å². The van der Waals surface area contributed by atoms with Gasteiger partial charge in [-0.3, -0.25) is 4.79 Å². The largest absolute Gasteiger partial charge is 0.491 e. The number of aliphatic hydroxyl groups is 1. The summed E-state index contributed by atoms with van der Waals surface area (Å²) in [4.78, 5) is 22.6. The summed E-state index contributed by atoms with van der Waals surface area (Å²) in [7, 11) is 0. The number of carbonyl (C=O) groups is 2. The Hall–Kier alpha value is -2.08. The van der Waals surface area contributed by atoms with Gasteiger partial charge in [0.25, 0.3) is 0 Å². The molecule has 0 saturated heterocycles. The summed E-state index contributed by atoms with van der Waals surface area (Å²) < 4.78 is 5.61. The molecule has 0 aliphatic rings. The molecule has 1 aromatic rings. The van der Waals surface area contributed by atoms with Crippen LogP contribution in [-0.2, 0) is 16.0 Å². The summed E-state index contributed by atoms with van der Waals surface area (Å²) in [6.45, 7) is 4.56. The molecule has 0 aliphatic heterocycles. The number of carboxylic acids is 1. The van der Waals surface area contributed by atoms with Gasteiger partial charge in [0, 0.05) is 5.56 Å². The zero-order chi connectivity index (χ0) is 16.0. The van der Waals surface area contributed by atoms with Crippen LogP contribution in [0.2, 0.25) is 0 Å². The Bertz CT molecular complexity index is 511. The van der Waals surface area contributed by atoms with Crippen LogP contribution in [0.4, 0.5) is 0 Å². The van der Waals surface area contributed by atoms with Gasteiger partial charge in [0.15, 0.2) is 5.60 Å². The fourth-order valence-electron chi connectivity index (χ4n) is 1.60. The lowest BCUT2D eigenvalue weighted by molar-refractivity contribution is -0.156. The highest BCUT2D eigenvalue weighted by Gasteiger charge is 2.30. The van der Waals surface area contributed by atoms with Crippen LogP contribution >= 0.6 is 0 Å². The average molecular weight is 295 g/mol. The molecule has 21 heavy (non-hydrogen) atoms. The molecule has 0 heterocycles. The number of carboxylic acid groups (broad SMARTS) is 1. The lowest BCUT2D eigenvalue weighted by atomic mass is 10.1. The number of aliphatic carboxylic acids is 1. The second-order valence-corrected chi connectivity index (χ2v) is 5.31. The molecule has 0 bridgehead atoms. The van der Waals surface area contributed by atoms with E-state index in [1.54, 1.807) is 18.2 Å². The van der Waals surface area contributed by atoms with Gasteiger partial charge in [0.2, 0.25) is 5.91 Å². The summed E-state index contributed by atoms with van der Waals surface area (Å²) in [5.74, 6) is -1.14. The molecule has 0 aromatic heterocycles. The third-order valence-electron chi connectivity index (χ3n) is 2.78. The first-order valence-electron chi connectivity index (χ1n) is 6.69. The minimum Gasteiger partial charge on any atom is -0.491 e. The Kier molecular flexibility index (Phi) is 5.72. The normalized spacial score (nSPS) is 13.6. The van der Waals surface area contributed by atoms with E-state index < -0.39 is 11.6 Å². The molecule has 0 fully saturated rings. The van der Waals surface area contributed by atoms with Gasteiger partial charge in [-0.25, -0.2) is 4.79 Å². The van der Waals surface area contributed by atoms with Gasteiger partial charge >= 0.3 is 5.97 Å². The first kappa shape index (κ1) is 17.0. The van der Waals surface area contributed by atoms with Crippen molar-refractivity contribution in [3.05, 3.63) is 29.8 Å². The van der Waals surface area contributed by atoms with Gasteiger partial charge in [-0.15, -0.1) is 0 Å². The van der Waals surface area contributed by atoms with Crippen molar-refractivity contribution in [3.63, 3.8) is 0 Å². The van der Waals surface area contributed by atoms with E-state index in [2.05, 4.69) is 5.32 Å². The Morgan fingerprint density at radius 1 is 1.33 bits per heavy atom. The molecule has 6 nitrogen and oxygen atoms in total. The van der Waals surface area contributed by atoms with Crippen molar-refractivity contribution in [3.8, 4) is 5.75 Å². The first-order chi connectivity index (χ1) is 9.72. The monoisotopic (exact) mass is 295 g/mol. The molecule has 1 amide bonds. The van der Waals surface area contributed by atoms with Crippen LogP contribution in [0.1, 0.15) is 26.3 Å². The van der Waals surface area contributed by atoms with Crippen LogP contribution in [0.5, 0.6) is 5.75 Å². The minimum atomic E-state index is -1.98. The van der Waals surface area contributed by atoms with Crippen molar-refractivity contribution in [2.24, 2.45) is 0 Å². The topological polar surface area (TPSA) is 95.9 Å². The molecule has 1 aromatic carbocycles. The lowest BCUT2D eigenvalue weighted by Crippen LogP contribution is -2.46. The summed E-state index contributed by atoms with van der Waals surface area (Å²) in [5.41, 5.74) is -1.28. The summed E-state index contributed by atoms with van der Waals surface area (Å²) in [6.07, 6.45) is 0.0421. The predicted octanol–water partition coefficient (Wildman–Crippen LogP) is 0.968. The van der Waals surface area contributed by atoms with Crippen LogP contribution in [-0.4, -0.2) is 40.3 Å². The Labute approximate surface area is 123 Å². The van der Waals surface area contributed by atoms with Crippen molar-refractivity contribution in [1.29, 1.82) is 0 Å². The number of amides is 1. The molecular weight excluding hydrogens is 274 g/mol. The number of hydrogen-bond acceptors (Lipinski definition) is 4. The maximum atomic E-state index is 11.8. The summed E-state index contributed by atoms with van der Waals surface area (Å²) in [5, 5.41) is 20.7.